The van der Waals surface area contributed by atoms with E-state index in [2.05, 4.69) is 16.0 Å². The van der Waals surface area contributed by atoms with E-state index in [-0.39, 0.29) is 29.5 Å². The molecule has 2 aromatic rings. The van der Waals surface area contributed by atoms with Crippen molar-refractivity contribution >= 4 is 40.5 Å². The van der Waals surface area contributed by atoms with E-state index in [9.17, 15) is 9.59 Å². The van der Waals surface area contributed by atoms with Gasteiger partial charge < -0.3 is 15.4 Å². The minimum Gasteiger partial charge on any atom is -0.484 e. The first-order valence-corrected chi connectivity index (χ1v) is 8.54. The van der Waals surface area contributed by atoms with E-state index in [4.69, 9.17) is 17.0 Å². The van der Waals surface area contributed by atoms with Crippen molar-refractivity contribution < 1.29 is 14.3 Å². The maximum atomic E-state index is 11.9. The van der Waals surface area contributed by atoms with E-state index in [0.717, 1.165) is 0 Å². The third-order valence-corrected chi connectivity index (χ3v) is 3.48. The van der Waals surface area contributed by atoms with E-state index < -0.39 is 0 Å². The molecule has 0 fully saturated rings. The Balaban J connectivity index is 1.83. The lowest BCUT2D eigenvalue weighted by molar-refractivity contribution is -0.121. The number of carbonyl (C=O) groups is 2. The van der Waals surface area contributed by atoms with E-state index in [1.54, 1.807) is 36.4 Å². The second kappa shape index (κ2) is 9.53. The molecule has 3 N–H and O–H groups in total. The number of benzene rings is 2. The van der Waals surface area contributed by atoms with Gasteiger partial charge in [-0.3, -0.25) is 14.9 Å². The van der Waals surface area contributed by atoms with Gasteiger partial charge in [0, 0.05) is 17.3 Å². The monoisotopic (exact) mass is 371 g/mol. The first-order chi connectivity index (χ1) is 12.4. The maximum absolute atomic E-state index is 11.9. The Morgan fingerprint density at radius 1 is 1.00 bits per heavy atom. The minimum absolute atomic E-state index is 0.0731. The van der Waals surface area contributed by atoms with Gasteiger partial charge in [-0.15, -0.1) is 0 Å². The van der Waals surface area contributed by atoms with Crippen molar-refractivity contribution in [2.24, 2.45) is 5.92 Å². The number of amides is 2. The SMILES string of the molecule is CC(C)C(=O)Nc1cccc(NC(=S)NC(=O)COc2ccccc2)c1. The van der Waals surface area contributed by atoms with Crippen LogP contribution in [0.25, 0.3) is 0 Å². The lowest BCUT2D eigenvalue weighted by atomic mass is 10.2. The molecule has 0 spiro atoms. The van der Waals surface area contributed by atoms with Gasteiger partial charge >= 0.3 is 0 Å². The van der Waals surface area contributed by atoms with Crippen molar-refractivity contribution in [3.63, 3.8) is 0 Å². The van der Waals surface area contributed by atoms with Gasteiger partial charge in [-0.2, -0.15) is 0 Å². The predicted molar refractivity (Wildman–Crippen MR) is 106 cm³/mol. The van der Waals surface area contributed by atoms with Crippen LogP contribution in [0.15, 0.2) is 54.6 Å². The summed E-state index contributed by atoms with van der Waals surface area (Å²) in [7, 11) is 0. The number of para-hydroxylation sites is 1. The van der Waals surface area contributed by atoms with Crippen LogP contribution in [-0.2, 0) is 9.59 Å². The molecule has 0 saturated heterocycles. The molecule has 2 aromatic carbocycles. The van der Waals surface area contributed by atoms with Crippen molar-refractivity contribution in [1.29, 1.82) is 0 Å². The summed E-state index contributed by atoms with van der Waals surface area (Å²) in [6.07, 6.45) is 0. The zero-order chi connectivity index (χ0) is 18.9. The Kier molecular flexibility index (Phi) is 7.11. The average Bonchev–Trinajstić information content (AvgIpc) is 2.61. The number of ether oxygens (including phenoxy) is 1. The summed E-state index contributed by atoms with van der Waals surface area (Å²) in [5.41, 5.74) is 1.30. The number of hydrogen-bond donors (Lipinski definition) is 3. The normalized spacial score (nSPS) is 10.1. The molecule has 2 rings (SSSR count). The lowest BCUT2D eigenvalue weighted by Crippen LogP contribution is -2.37. The number of anilines is 2. The van der Waals surface area contributed by atoms with Crippen LogP contribution in [0.3, 0.4) is 0 Å². The van der Waals surface area contributed by atoms with Gasteiger partial charge in [0.15, 0.2) is 11.7 Å². The van der Waals surface area contributed by atoms with Crippen LogP contribution in [0, 0.1) is 5.92 Å². The highest BCUT2D eigenvalue weighted by atomic mass is 32.1. The van der Waals surface area contributed by atoms with Crippen molar-refractivity contribution in [3.05, 3.63) is 54.6 Å². The quantitative estimate of drug-likeness (QED) is 0.680. The molecule has 0 radical (unpaired) electrons. The molecule has 6 nitrogen and oxygen atoms in total. The van der Waals surface area contributed by atoms with Gasteiger partial charge in [0.1, 0.15) is 5.75 Å². The third-order valence-electron chi connectivity index (χ3n) is 3.28. The summed E-state index contributed by atoms with van der Waals surface area (Å²) < 4.78 is 5.36. The van der Waals surface area contributed by atoms with Crippen molar-refractivity contribution in [2.75, 3.05) is 17.2 Å². The minimum atomic E-state index is -0.365. The first kappa shape index (κ1) is 19.4. The largest absolute Gasteiger partial charge is 0.484 e. The number of thiocarbonyl (C=S) groups is 1. The van der Waals surface area contributed by atoms with Crippen LogP contribution < -0.4 is 20.7 Å². The highest BCUT2D eigenvalue weighted by molar-refractivity contribution is 7.80. The maximum Gasteiger partial charge on any atom is 0.264 e. The predicted octanol–water partition coefficient (Wildman–Crippen LogP) is 3.17. The molecule has 0 saturated carbocycles. The summed E-state index contributed by atoms with van der Waals surface area (Å²) in [4.78, 5) is 23.6. The van der Waals surface area contributed by atoms with E-state index in [0.29, 0.717) is 17.1 Å². The molecule has 0 heterocycles. The Morgan fingerprint density at radius 2 is 1.65 bits per heavy atom. The molecular formula is C19H21N3O3S. The highest BCUT2D eigenvalue weighted by Crippen LogP contribution is 2.16. The van der Waals surface area contributed by atoms with Crippen molar-refractivity contribution in [3.8, 4) is 5.75 Å². The summed E-state index contributed by atoms with van der Waals surface area (Å²) in [5, 5.41) is 8.41. The molecule has 0 aliphatic rings. The van der Waals surface area contributed by atoms with Crippen LogP contribution in [-0.4, -0.2) is 23.5 Å². The fourth-order valence-electron chi connectivity index (χ4n) is 1.95. The molecule has 0 aliphatic carbocycles. The van der Waals surface area contributed by atoms with Crippen molar-refractivity contribution in [1.82, 2.24) is 5.32 Å². The molecular weight excluding hydrogens is 350 g/mol. The Hall–Kier alpha value is -2.93. The number of hydrogen-bond acceptors (Lipinski definition) is 4. The zero-order valence-corrected chi connectivity index (χ0v) is 15.4. The smallest absolute Gasteiger partial charge is 0.264 e. The van der Waals surface area contributed by atoms with E-state index >= 15 is 0 Å². The number of nitrogens with one attached hydrogen (secondary N) is 3. The zero-order valence-electron chi connectivity index (χ0n) is 14.6. The van der Waals surface area contributed by atoms with Crippen LogP contribution in [0.2, 0.25) is 0 Å². The molecule has 0 aliphatic heterocycles. The standard InChI is InChI=1S/C19H21N3O3S/c1-13(2)18(24)20-14-7-6-8-15(11-14)21-19(26)22-17(23)12-25-16-9-4-3-5-10-16/h3-11,13H,12H2,1-2H3,(H,20,24)(H2,21,22,23,26). The lowest BCUT2D eigenvalue weighted by Gasteiger charge is -2.12. The Morgan fingerprint density at radius 3 is 2.31 bits per heavy atom. The number of carbonyl (C=O) groups excluding carboxylic acids is 2. The van der Waals surface area contributed by atoms with Crippen LogP contribution in [0.5, 0.6) is 5.75 Å². The second-order valence-corrected chi connectivity index (χ2v) is 6.24. The third kappa shape index (κ3) is 6.52. The van der Waals surface area contributed by atoms with E-state index in [1.165, 1.54) is 0 Å². The van der Waals surface area contributed by atoms with E-state index in [1.807, 2.05) is 32.0 Å². The molecule has 2 amide bonds. The van der Waals surface area contributed by atoms with Crippen LogP contribution in [0.4, 0.5) is 11.4 Å². The number of rotatable bonds is 6. The molecule has 0 bridgehead atoms. The molecule has 0 aromatic heterocycles. The van der Waals surface area contributed by atoms with Gasteiger partial charge in [0.25, 0.3) is 5.91 Å². The fraction of sp³-hybridized carbons (Fsp3) is 0.211. The summed E-state index contributed by atoms with van der Waals surface area (Å²) in [5.74, 6) is 0.0541. The van der Waals surface area contributed by atoms with Gasteiger partial charge in [0.05, 0.1) is 0 Å². The molecule has 0 unspecified atom stereocenters. The Labute approximate surface area is 157 Å². The van der Waals surface area contributed by atoms with Gasteiger partial charge in [0.2, 0.25) is 5.91 Å². The molecule has 136 valence electrons. The van der Waals surface area contributed by atoms with Gasteiger partial charge in [-0.05, 0) is 42.5 Å². The summed E-state index contributed by atoms with van der Waals surface area (Å²) >= 11 is 5.13. The highest BCUT2D eigenvalue weighted by Gasteiger charge is 2.09. The first-order valence-electron chi connectivity index (χ1n) is 8.13. The topological polar surface area (TPSA) is 79.5 Å². The molecule has 0 atom stereocenters. The second-order valence-electron chi connectivity index (χ2n) is 5.83. The Bertz CT molecular complexity index is 779. The molecule has 26 heavy (non-hydrogen) atoms. The van der Waals surface area contributed by atoms with Gasteiger partial charge in [-0.1, -0.05) is 38.1 Å². The summed E-state index contributed by atoms with van der Waals surface area (Å²) in [6, 6.07) is 16.1. The van der Waals surface area contributed by atoms with Gasteiger partial charge in [-0.25, -0.2) is 0 Å². The summed E-state index contributed by atoms with van der Waals surface area (Å²) in [6.45, 7) is 3.50. The van der Waals surface area contributed by atoms with Crippen LogP contribution >= 0.6 is 12.2 Å². The molecule has 7 heteroatoms. The van der Waals surface area contributed by atoms with Crippen LogP contribution in [0.1, 0.15) is 13.8 Å². The fourth-order valence-corrected chi connectivity index (χ4v) is 2.18. The average molecular weight is 371 g/mol. The van der Waals surface area contributed by atoms with Crippen molar-refractivity contribution in [2.45, 2.75) is 13.8 Å².